The maximum atomic E-state index is 3.40. The van der Waals surface area contributed by atoms with Crippen LogP contribution >= 0.6 is 0 Å². The molecule has 0 radical (unpaired) electrons. The lowest BCUT2D eigenvalue weighted by Crippen LogP contribution is -2.13. The van der Waals surface area contributed by atoms with E-state index in [9.17, 15) is 0 Å². The average Bonchev–Trinajstić information content (AvgIpc) is 2.94. The van der Waals surface area contributed by atoms with E-state index >= 15 is 0 Å². The van der Waals surface area contributed by atoms with Crippen molar-refractivity contribution in [3.63, 3.8) is 0 Å². The minimum absolute atomic E-state index is 0.943. The van der Waals surface area contributed by atoms with Crippen LogP contribution in [0.4, 0.5) is 0 Å². The molecule has 3 rings (SSSR count). The van der Waals surface area contributed by atoms with Crippen molar-refractivity contribution >= 4 is 10.9 Å². The molecule has 0 unspecified atom stereocenters. The molecule has 2 heteroatoms. The van der Waals surface area contributed by atoms with Gasteiger partial charge in [0.15, 0.2) is 0 Å². The van der Waals surface area contributed by atoms with E-state index in [2.05, 4.69) is 77.6 Å². The molecule has 2 nitrogen and oxygen atoms in total. The predicted molar refractivity (Wildman–Crippen MR) is 99.0 cm³/mol. The van der Waals surface area contributed by atoms with Gasteiger partial charge in [-0.25, -0.2) is 0 Å². The van der Waals surface area contributed by atoms with Gasteiger partial charge in [0.1, 0.15) is 0 Å². The van der Waals surface area contributed by atoms with E-state index in [1.165, 1.54) is 34.9 Å². The number of nitrogens with zero attached hydrogens (tertiary/aromatic N) is 1. The Kier molecular flexibility index (Phi) is 5.49. The highest BCUT2D eigenvalue weighted by Gasteiger charge is 2.08. The molecule has 0 bridgehead atoms. The Labute approximate surface area is 139 Å². The van der Waals surface area contributed by atoms with Gasteiger partial charge in [-0.1, -0.05) is 55.5 Å². The molecule has 2 aromatic carbocycles. The highest BCUT2D eigenvalue weighted by atomic mass is 15.0. The number of fused-ring (bicyclic) bond motifs is 1. The number of hydrogen-bond acceptors (Lipinski definition) is 1. The van der Waals surface area contributed by atoms with E-state index in [0.29, 0.717) is 0 Å². The number of benzene rings is 2. The zero-order chi connectivity index (χ0) is 15.9. The van der Waals surface area contributed by atoms with E-state index in [1.807, 2.05) is 0 Å². The van der Waals surface area contributed by atoms with Gasteiger partial charge >= 0.3 is 0 Å². The Balaban J connectivity index is 1.76. The second-order valence-corrected chi connectivity index (χ2v) is 6.10. The number of nitrogens with one attached hydrogen (secondary N) is 1. The lowest BCUT2D eigenvalue weighted by Gasteiger charge is -2.05. The van der Waals surface area contributed by atoms with Crippen LogP contribution in [0.2, 0.25) is 0 Å². The van der Waals surface area contributed by atoms with Crippen LogP contribution in [-0.4, -0.2) is 17.7 Å². The maximum Gasteiger partial charge on any atom is 0.0486 e. The molecule has 0 saturated carbocycles. The first-order valence-corrected chi connectivity index (χ1v) is 8.70. The van der Waals surface area contributed by atoms with Crippen molar-refractivity contribution in [1.82, 2.24) is 9.88 Å². The molecular weight excluding hydrogens is 280 g/mol. The fourth-order valence-corrected chi connectivity index (χ4v) is 3.18. The number of rotatable bonds is 8. The molecule has 0 fully saturated rings. The first-order valence-electron chi connectivity index (χ1n) is 8.70. The van der Waals surface area contributed by atoms with E-state index in [4.69, 9.17) is 0 Å². The first kappa shape index (κ1) is 15.8. The SMILES string of the molecule is CCNCCCCc1cn(Cc2ccccc2)c2ccccc12. The largest absolute Gasteiger partial charge is 0.343 e. The van der Waals surface area contributed by atoms with Gasteiger partial charge in [-0.15, -0.1) is 0 Å². The summed E-state index contributed by atoms with van der Waals surface area (Å²) >= 11 is 0. The number of aromatic nitrogens is 1. The third-order valence-electron chi connectivity index (χ3n) is 4.37. The number of aryl methyl sites for hydroxylation is 1. The third kappa shape index (κ3) is 4.02. The summed E-state index contributed by atoms with van der Waals surface area (Å²) in [6.07, 6.45) is 6.00. The zero-order valence-electron chi connectivity index (χ0n) is 14.0. The van der Waals surface area contributed by atoms with Crippen LogP contribution in [0.25, 0.3) is 10.9 Å². The van der Waals surface area contributed by atoms with Crippen molar-refractivity contribution in [3.05, 3.63) is 71.9 Å². The van der Waals surface area contributed by atoms with Gasteiger partial charge in [-0.3, -0.25) is 0 Å². The standard InChI is InChI=1S/C21H26N2/c1-2-22-15-9-8-12-19-17-23(16-18-10-4-3-5-11-18)21-14-7-6-13-20(19)21/h3-7,10-11,13-14,17,22H,2,8-9,12,15-16H2,1H3. The van der Waals surface area contributed by atoms with Crippen LogP contribution in [0.5, 0.6) is 0 Å². The molecule has 0 aliphatic carbocycles. The van der Waals surface area contributed by atoms with Crippen LogP contribution in [0.1, 0.15) is 30.9 Å². The number of hydrogen-bond donors (Lipinski definition) is 1. The quantitative estimate of drug-likeness (QED) is 0.601. The minimum atomic E-state index is 0.943. The Morgan fingerprint density at radius 2 is 1.70 bits per heavy atom. The second kappa shape index (κ2) is 7.98. The fourth-order valence-electron chi connectivity index (χ4n) is 3.18. The minimum Gasteiger partial charge on any atom is -0.343 e. The summed E-state index contributed by atoms with van der Waals surface area (Å²) in [5.41, 5.74) is 4.18. The van der Waals surface area contributed by atoms with Gasteiger partial charge < -0.3 is 9.88 Å². The van der Waals surface area contributed by atoms with Crippen LogP contribution in [0.15, 0.2) is 60.8 Å². The topological polar surface area (TPSA) is 17.0 Å². The second-order valence-electron chi connectivity index (χ2n) is 6.10. The van der Waals surface area contributed by atoms with E-state index < -0.39 is 0 Å². The lowest BCUT2D eigenvalue weighted by molar-refractivity contribution is 0.641. The lowest BCUT2D eigenvalue weighted by atomic mass is 10.1. The van der Waals surface area contributed by atoms with Gasteiger partial charge in [0.25, 0.3) is 0 Å². The molecule has 0 amide bonds. The zero-order valence-corrected chi connectivity index (χ0v) is 14.0. The summed E-state index contributed by atoms with van der Waals surface area (Å²) < 4.78 is 2.39. The van der Waals surface area contributed by atoms with Gasteiger partial charge in [0.05, 0.1) is 0 Å². The Morgan fingerprint density at radius 3 is 2.52 bits per heavy atom. The molecule has 120 valence electrons. The summed E-state index contributed by atoms with van der Waals surface area (Å²) in [4.78, 5) is 0. The monoisotopic (exact) mass is 306 g/mol. The van der Waals surface area contributed by atoms with Crippen LogP contribution in [0.3, 0.4) is 0 Å². The van der Waals surface area contributed by atoms with Crippen molar-refractivity contribution in [2.75, 3.05) is 13.1 Å². The third-order valence-corrected chi connectivity index (χ3v) is 4.37. The molecule has 1 N–H and O–H groups in total. The Hall–Kier alpha value is -2.06. The van der Waals surface area contributed by atoms with Gasteiger partial charge in [-0.2, -0.15) is 0 Å². The number of unbranched alkanes of at least 4 members (excludes halogenated alkanes) is 1. The molecular formula is C21H26N2. The summed E-state index contributed by atoms with van der Waals surface area (Å²) in [7, 11) is 0. The van der Waals surface area contributed by atoms with Crippen molar-refractivity contribution in [2.24, 2.45) is 0 Å². The summed E-state index contributed by atoms with van der Waals surface area (Å²) in [5.74, 6) is 0. The molecule has 0 aliphatic rings. The predicted octanol–water partition coefficient (Wildman–Crippen LogP) is 4.62. The van der Waals surface area contributed by atoms with Crippen molar-refractivity contribution in [3.8, 4) is 0 Å². The molecule has 23 heavy (non-hydrogen) atoms. The molecule has 0 spiro atoms. The normalized spacial score (nSPS) is 11.2. The Bertz CT molecular complexity index is 728. The summed E-state index contributed by atoms with van der Waals surface area (Å²) in [5, 5.41) is 4.81. The van der Waals surface area contributed by atoms with E-state index in [-0.39, 0.29) is 0 Å². The van der Waals surface area contributed by atoms with Gasteiger partial charge in [-0.05, 0) is 49.5 Å². The molecule has 0 atom stereocenters. The van der Waals surface area contributed by atoms with Gasteiger partial charge in [0.2, 0.25) is 0 Å². The van der Waals surface area contributed by atoms with E-state index in [0.717, 1.165) is 26.1 Å². The smallest absolute Gasteiger partial charge is 0.0486 e. The van der Waals surface area contributed by atoms with Crippen LogP contribution in [0, 0.1) is 0 Å². The highest BCUT2D eigenvalue weighted by molar-refractivity contribution is 5.84. The summed E-state index contributed by atoms with van der Waals surface area (Å²) in [6.45, 7) is 5.30. The molecule has 3 aromatic rings. The van der Waals surface area contributed by atoms with Gasteiger partial charge in [0, 0.05) is 23.6 Å². The van der Waals surface area contributed by atoms with Crippen LogP contribution in [-0.2, 0) is 13.0 Å². The highest BCUT2D eigenvalue weighted by Crippen LogP contribution is 2.23. The molecule has 0 aliphatic heterocycles. The van der Waals surface area contributed by atoms with Crippen molar-refractivity contribution < 1.29 is 0 Å². The average molecular weight is 306 g/mol. The Morgan fingerprint density at radius 1 is 0.913 bits per heavy atom. The van der Waals surface area contributed by atoms with Crippen molar-refractivity contribution in [2.45, 2.75) is 32.7 Å². The van der Waals surface area contributed by atoms with E-state index in [1.54, 1.807) is 0 Å². The molecule has 1 aromatic heterocycles. The van der Waals surface area contributed by atoms with Crippen LogP contribution < -0.4 is 5.32 Å². The molecule has 1 heterocycles. The van der Waals surface area contributed by atoms with Crippen molar-refractivity contribution in [1.29, 1.82) is 0 Å². The summed E-state index contributed by atoms with van der Waals surface area (Å²) in [6, 6.07) is 19.5. The number of para-hydroxylation sites is 1. The fraction of sp³-hybridized carbons (Fsp3) is 0.333. The maximum absolute atomic E-state index is 3.40. The molecule has 0 saturated heterocycles. The first-order chi connectivity index (χ1) is 11.4.